The number of hydrogen-bond acceptors (Lipinski definition) is 2. The molecule has 0 saturated heterocycles. The molecule has 0 radical (unpaired) electrons. The van der Waals surface area contributed by atoms with E-state index in [2.05, 4.69) is 5.32 Å². The summed E-state index contributed by atoms with van der Waals surface area (Å²) in [5.41, 5.74) is 0. The molecule has 17 heavy (non-hydrogen) atoms. The zero-order valence-electron chi connectivity index (χ0n) is 10.6. The number of nitrogens with zero attached hydrogens (tertiary/aromatic N) is 1. The van der Waals surface area contributed by atoms with E-state index < -0.39 is 5.97 Å². The Labute approximate surface area is 102 Å². The van der Waals surface area contributed by atoms with E-state index >= 15 is 0 Å². The maximum absolute atomic E-state index is 11.9. The normalized spacial score (nSPS) is 17.1. The Bertz CT molecular complexity index is 277. The van der Waals surface area contributed by atoms with Gasteiger partial charge in [-0.2, -0.15) is 0 Å². The molecule has 1 saturated carbocycles. The molecule has 1 aliphatic carbocycles. The summed E-state index contributed by atoms with van der Waals surface area (Å²) in [6.07, 6.45) is 3.62. The first-order chi connectivity index (χ1) is 8.04. The largest absolute Gasteiger partial charge is 0.481 e. The first-order valence-corrected chi connectivity index (χ1v) is 6.31. The van der Waals surface area contributed by atoms with Gasteiger partial charge < -0.3 is 15.3 Å². The lowest BCUT2D eigenvalue weighted by Crippen LogP contribution is -2.48. The third-order valence-corrected chi connectivity index (χ3v) is 3.47. The van der Waals surface area contributed by atoms with Crippen molar-refractivity contribution in [1.82, 2.24) is 10.2 Å². The summed E-state index contributed by atoms with van der Waals surface area (Å²) in [5, 5.41) is 11.5. The van der Waals surface area contributed by atoms with Crippen molar-refractivity contribution in [3.8, 4) is 0 Å². The van der Waals surface area contributed by atoms with Gasteiger partial charge in [0.05, 0.1) is 6.42 Å². The highest BCUT2D eigenvalue weighted by molar-refractivity contribution is 5.75. The van der Waals surface area contributed by atoms with Gasteiger partial charge in [-0.25, -0.2) is 4.79 Å². The molecule has 98 valence electrons. The number of carbonyl (C=O) groups is 2. The number of carboxylic acids is 1. The second-order valence-electron chi connectivity index (χ2n) is 4.65. The molecule has 2 N–H and O–H groups in total. The van der Waals surface area contributed by atoms with E-state index in [1.165, 1.54) is 19.3 Å². The lowest BCUT2D eigenvalue weighted by atomic mass is 9.80. The van der Waals surface area contributed by atoms with Crippen molar-refractivity contribution >= 4 is 12.0 Å². The molecular formula is C12H22N2O3. The zero-order valence-corrected chi connectivity index (χ0v) is 10.6. The van der Waals surface area contributed by atoms with Crippen LogP contribution >= 0.6 is 0 Å². The average molecular weight is 242 g/mol. The van der Waals surface area contributed by atoms with E-state index in [4.69, 9.17) is 5.11 Å². The topological polar surface area (TPSA) is 69.6 Å². The van der Waals surface area contributed by atoms with Gasteiger partial charge in [0.25, 0.3) is 0 Å². The van der Waals surface area contributed by atoms with Crippen LogP contribution in [0.5, 0.6) is 0 Å². The van der Waals surface area contributed by atoms with Gasteiger partial charge in [0.15, 0.2) is 0 Å². The summed E-state index contributed by atoms with van der Waals surface area (Å²) in [6, 6.07) is 0.0447. The SMILES string of the molecule is CCN(CCC(=O)O)C(=O)NC(C)C1CCC1. The quantitative estimate of drug-likeness (QED) is 0.744. The van der Waals surface area contributed by atoms with Crippen molar-refractivity contribution in [3.05, 3.63) is 0 Å². The van der Waals surface area contributed by atoms with Crippen LogP contribution in [0, 0.1) is 5.92 Å². The molecule has 0 aromatic heterocycles. The minimum absolute atomic E-state index is 0.000923. The van der Waals surface area contributed by atoms with E-state index in [1.807, 2.05) is 13.8 Å². The van der Waals surface area contributed by atoms with E-state index in [-0.39, 0.29) is 25.0 Å². The van der Waals surface area contributed by atoms with Gasteiger partial charge >= 0.3 is 12.0 Å². The van der Waals surface area contributed by atoms with Crippen LogP contribution in [0.2, 0.25) is 0 Å². The highest BCUT2D eigenvalue weighted by Gasteiger charge is 2.26. The zero-order chi connectivity index (χ0) is 12.8. The van der Waals surface area contributed by atoms with Gasteiger partial charge in [0.1, 0.15) is 0 Å². The van der Waals surface area contributed by atoms with Crippen molar-refractivity contribution in [1.29, 1.82) is 0 Å². The van der Waals surface area contributed by atoms with Crippen LogP contribution < -0.4 is 5.32 Å². The lowest BCUT2D eigenvalue weighted by Gasteiger charge is -2.33. The molecule has 2 amide bonds. The molecule has 5 heteroatoms. The fourth-order valence-corrected chi connectivity index (χ4v) is 1.98. The summed E-state index contributed by atoms with van der Waals surface area (Å²) in [7, 11) is 0. The fourth-order valence-electron chi connectivity index (χ4n) is 1.98. The lowest BCUT2D eigenvalue weighted by molar-refractivity contribution is -0.137. The van der Waals surface area contributed by atoms with Crippen molar-refractivity contribution < 1.29 is 14.7 Å². The van der Waals surface area contributed by atoms with E-state index in [9.17, 15) is 9.59 Å². The summed E-state index contributed by atoms with van der Waals surface area (Å²) in [4.78, 5) is 23.9. The number of hydrogen-bond donors (Lipinski definition) is 2. The molecule has 0 spiro atoms. The second-order valence-corrected chi connectivity index (χ2v) is 4.65. The highest BCUT2D eigenvalue weighted by Crippen LogP contribution is 2.29. The van der Waals surface area contributed by atoms with E-state index in [0.717, 1.165) is 0 Å². The summed E-state index contributed by atoms with van der Waals surface area (Å²) in [5.74, 6) is -0.277. The van der Waals surface area contributed by atoms with Crippen molar-refractivity contribution in [2.24, 2.45) is 5.92 Å². The third kappa shape index (κ3) is 4.24. The van der Waals surface area contributed by atoms with Crippen LogP contribution in [0.15, 0.2) is 0 Å². The molecule has 0 heterocycles. The summed E-state index contributed by atoms with van der Waals surface area (Å²) >= 11 is 0. The molecule has 0 aromatic rings. The van der Waals surface area contributed by atoms with E-state index in [0.29, 0.717) is 12.5 Å². The average Bonchev–Trinajstić information content (AvgIpc) is 2.14. The monoisotopic (exact) mass is 242 g/mol. The van der Waals surface area contributed by atoms with Crippen LogP contribution in [0.25, 0.3) is 0 Å². The smallest absolute Gasteiger partial charge is 0.317 e. The van der Waals surface area contributed by atoms with Crippen molar-refractivity contribution in [2.45, 2.75) is 45.6 Å². The number of nitrogens with one attached hydrogen (secondary N) is 1. The minimum Gasteiger partial charge on any atom is -0.481 e. The summed E-state index contributed by atoms with van der Waals surface area (Å²) < 4.78 is 0. The maximum Gasteiger partial charge on any atom is 0.317 e. The molecule has 1 fully saturated rings. The Morgan fingerprint density at radius 1 is 1.47 bits per heavy atom. The molecule has 5 nitrogen and oxygen atoms in total. The first kappa shape index (κ1) is 13.8. The van der Waals surface area contributed by atoms with Crippen LogP contribution in [-0.4, -0.2) is 41.1 Å². The number of carboxylic acid groups (broad SMARTS) is 1. The molecule has 1 atom stereocenters. The molecule has 1 unspecified atom stereocenters. The Kier molecular flexibility index (Phi) is 5.25. The van der Waals surface area contributed by atoms with Gasteiger partial charge in [0, 0.05) is 19.1 Å². The number of urea groups is 1. The van der Waals surface area contributed by atoms with Crippen LogP contribution in [0.3, 0.4) is 0 Å². The summed E-state index contributed by atoms with van der Waals surface area (Å²) in [6.45, 7) is 4.69. The highest BCUT2D eigenvalue weighted by atomic mass is 16.4. The van der Waals surface area contributed by atoms with Crippen LogP contribution in [0.1, 0.15) is 39.5 Å². The van der Waals surface area contributed by atoms with Gasteiger partial charge in [0.2, 0.25) is 0 Å². The Hall–Kier alpha value is -1.26. The van der Waals surface area contributed by atoms with Crippen molar-refractivity contribution in [3.63, 3.8) is 0 Å². The van der Waals surface area contributed by atoms with Crippen molar-refractivity contribution in [2.75, 3.05) is 13.1 Å². The number of aliphatic carboxylic acids is 1. The van der Waals surface area contributed by atoms with Gasteiger partial charge in [-0.15, -0.1) is 0 Å². The third-order valence-electron chi connectivity index (χ3n) is 3.47. The predicted octanol–water partition coefficient (Wildman–Crippen LogP) is 1.68. The maximum atomic E-state index is 11.9. The molecule has 0 bridgehead atoms. The number of rotatable bonds is 6. The Morgan fingerprint density at radius 2 is 2.12 bits per heavy atom. The Balaban J connectivity index is 2.34. The molecule has 1 rings (SSSR count). The molecular weight excluding hydrogens is 220 g/mol. The standard InChI is InChI=1S/C12H22N2O3/c1-3-14(8-7-11(15)16)12(17)13-9(2)10-5-4-6-10/h9-10H,3-8H2,1-2H3,(H,13,17)(H,15,16). The van der Waals surface area contributed by atoms with E-state index in [1.54, 1.807) is 4.90 Å². The number of carbonyl (C=O) groups excluding carboxylic acids is 1. The molecule has 0 aromatic carbocycles. The predicted molar refractivity (Wildman–Crippen MR) is 64.8 cm³/mol. The van der Waals surface area contributed by atoms with Crippen LogP contribution in [-0.2, 0) is 4.79 Å². The second kappa shape index (κ2) is 6.47. The van der Waals surface area contributed by atoms with Gasteiger partial charge in [-0.3, -0.25) is 4.79 Å². The van der Waals surface area contributed by atoms with Crippen LogP contribution in [0.4, 0.5) is 4.79 Å². The first-order valence-electron chi connectivity index (χ1n) is 6.31. The Morgan fingerprint density at radius 3 is 2.53 bits per heavy atom. The minimum atomic E-state index is -0.872. The fraction of sp³-hybridized carbons (Fsp3) is 0.833. The molecule has 1 aliphatic rings. The van der Waals surface area contributed by atoms with Gasteiger partial charge in [-0.1, -0.05) is 6.42 Å². The van der Waals surface area contributed by atoms with Gasteiger partial charge in [-0.05, 0) is 32.6 Å². The number of amides is 2. The molecule has 0 aliphatic heterocycles.